The molecule has 26 heavy (non-hydrogen) atoms. The molecule has 10 heteroatoms. The van der Waals surface area contributed by atoms with E-state index in [1.54, 1.807) is 6.33 Å². The standard InChI is InChI=1S/C16H25N7O2S/c1-3-7-23-11-20-22-14(23)10-19-16-18-9-13(26(2,24)25)15(21-16)12-5-4-6-17-8-12/h9,11-12,17H,3-8,10H2,1-2H3,(H,18,19,21). The fourth-order valence-corrected chi connectivity index (χ4v) is 3.97. The third-order valence-electron chi connectivity index (χ3n) is 4.43. The van der Waals surface area contributed by atoms with Gasteiger partial charge in [-0.25, -0.2) is 18.4 Å². The topological polar surface area (TPSA) is 115 Å². The average molecular weight is 379 g/mol. The minimum absolute atomic E-state index is 0.0702. The van der Waals surface area contributed by atoms with Crippen molar-refractivity contribution in [3.8, 4) is 0 Å². The van der Waals surface area contributed by atoms with Crippen LogP contribution in [0, 0.1) is 0 Å². The van der Waals surface area contributed by atoms with Gasteiger partial charge >= 0.3 is 0 Å². The van der Waals surface area contributed by atoms with Crippen molar-refractivity contribution >= 4 is 15.8 Å². The van der Waals surface area contributed by atoms with Gasteiger partial charge in [0.15, 0.2) is 15.7 Å². The fourth-order valence-electron chi connectivity index (χ4n) is 3.13. The van der Waals surface area contributed by atoms with E-state index in [9.17, 15) is 8.42 Å². The summed E-state index contributed by atoms with van der Waals surface area (Å²) in [4.78, 5) is 8.95. The predicted molar refractivity (Wildman–Crippen MR) is 97.6 cm³/mol. The van der Waals surface area contributed by atoms with Crippen LogP contribution in [0.1, 0.15) is 43.6 Å². The third kappa shape index (κ3) is 4.36. The van der Waals surface area contributed by atoms with Crippen LogP contribution in [0.5, 0.6) is 0 Å². The van der Waals surface area contributed by atoms with E-state index in [0.717, 1.165) is 44.7 Å². The van der Waals surface area contributed by atoms with E-state index in [1.165, 1.54) is 12.5 Å². The van der Waals surface area contributed by atoms with Crippen molar-refractivity contribution in [2.24, 2.45) is 0 Å². The molecule has 0 aliphatic carbocycles. The number of nitrogens with one attached hydrogen (secondary N) is 2. The molecule has 2 aromatic rings. The number of aromatic nitrogens is 5. The van der Waals surface area contributed by atoms with E-state index in [2.05, 4.69) is 37.7 Å². The Morgan fingerprint density at radius 1 is 1.42 bits per heavy atom. The number of hydrogen-bond donors (Lipinski definition) is 2. The maximum Gasteiger partial charge on any atom is 0.223 e. The normalized spacial score (nSPS) is 18.0. The van der Waals surface area contributed by atoms with E-state index in [4.69, 9.17) is 0 Å². The van der Waals surface area contributed by atoms with Crippen molar-refractivity contribution in [2.45, 2.75) is 50.1 Å². The van der Waals surface area contributed by atoms with E-state index in [0.29, 0.717) is 18.2 Å². The first-order chi connectivity index (χ1) is 12.5. The summed E-state index contributed by atoms with van der Waals surface area (Å²) in [6.07, 6.45) is 7.21. The zero-order valence-electron chi connectivity index (χ0n) is 15.1. The maximum absolute atomic E-state index is 12.1. The summed E-state index contributed by atoms with van der Waals surface area (Å²) in [6.45, 7) is 5.05. The largest absolute Gasteiger partial charge is 0.347 e. The van der Waals surface area contributed by atoms with E-state index in [1.807, 2.05) is 4.57 Å². The number of piperidine rings is 1. The van der Waals surface area contributed by atoms with Crippen LogP contribution in [0.25, 0.3) is 0 Å². The lowest BCUT2D eigenvalue weighted by Crippen LogP contribution is -2.30. The van der Waals surface area contributed by atoms with Gasteiger partial charge in [0.25, 0.3) is 0 Å². The van der Waals surface area contributed by atoms with E-state index < -0.39 is 9.84 Å². The molecule has 3 rings (SSSR count). The Kier molecular flexibility index (Phi) is 5.82. The second-order valence-electron chi connectivity index (χ2n) is 6.55. The highest BCUT2D eigenvalue weighted by atomic mass is 32.2. The molecule has 0 bridgehead atoms. The number of aryl methyl sites for hydroxylation is 1. The van der Waals surface area contributed by atoms with E-state index in [-0.39, 0.29) is 10.8 Å². The maximum atomic E-state index is 12.1. The number of hydrogen-bond acceptors (Lipinski definition) is 8. The smallest absolute Gasteiger partial charge is 0.223 e. The molecular weight excluding hydrogens is 354 g/mol. The van der Waals surface area contributed by atoms with Crippen molar-refractivity contribution in [1.82, 2.24) is 30.0 Å². The monoisotopic (exact) mass is 379 g/mol. The highest BCUT2D eigenvalue weighted by molar-refractivity contribution is 7.90. The number of rotatable bonds is 7. The first-order valence-electron chi connectivity index (χ1n) is 8.87. The molecule has 0 spiro atoms. The van der Waals surface area contributed by atoms with Crippen LogP contribution in [0.15, 0.2) is 17.4 Å². The van der Waals surface area contributed by atoms with Crippen molar-refractivity contribution in [3.63, 3.8) is 0 Å². The fraction of sp³-hybridized carbons (Fsp3) is 0.625. The van der Waals surface area contributed by atoms with Gasteiger partial charge in [-0.1, -0.05) is 6.92 Å². The molecule has 1 fully saturated rings. The minimum atomic E-state index is -3.38. The van der Waals surface area contributed by atoms with Crippen molar-refractivity contribution in [1.29, 1.82) is 0 Å². The Labute approximate surface area is 153 Å². The van der Waals surface area contributed by atoms with Gasteiger partial charge < -0.3 is 15.2 Å². The summed E-state index contributed by atoms with van der Waals surface area (Å²) >= 11 is 0. The Balaban J connectivity index is 1.82. The Bertz CT molecular complexity index is 844. The SMILES string of the molecule is CCCn1cnnc1CNc1ncc(S(C)(=O)=O)c(C2CCCNC2)n1. The zero-order valence-corrected chi connectivity index (χ0v) is 16.0. The molecule has 9 nitrogen and oxygen atoms in total. The van der Waals surface area contributed by atoms with Gasteiger partial charge in [-0.05, 0) is 25.8 Å². The lowest BCUT2D eigenvalue weighted by Gasteiger charge is -2.24. The van der Waals surface area contributed by atoms with Crippen molar-refractivity contribution in [3.05, 3.63) is 24.0 Å². The third-order valence-corrected chi connectivity index (χ3v) is 5.54. The second kappa shape index (κ2) is 8.09. The molecule has 2 N–H and O–H groups in total. The van der Waals surface area contributed by atoms with Gasteiger partial charge in [0.1, 0.15) is 11.2 Å². The second-order valence-corrected chi connectivity index (χ2v) is 8.54. The Morgan fingerprint density at radius 3 is 2.96 bits per heavy atom. The van der Waals surface area contributed by atoms with Crippen molar-refractivity contribution < 1.29 is 8.42 Å². The van der Waals surface area contributed by atoms with Gasteiger partial charge in [0.2, 0.25) is 5.95 Å². The van der Waals surface area contributed by atoms with Crippen molar-refractivity contribution in [2.75, 3.05) is 24.7 Å². The number of anilines is 1. The molecule has 0 radical (unpaired) electrons. The molecule has 0 aromatic carbocycles. The highest BCUT2D eigenvalue weighted by Gasteiger charge is 2.25. The minimum Gasteiger partial charge on any atom is -0.347 e. The zero-order chi connectivity index (χ0) is 18.6. The lowest BCUT2D eigenvalue weighted by atomic mass is 9.96. The molecule has 1 atom stereocenters. The number of sulfone groups is 1. The summed E-state index contributed by atoms with van der Waals surface area (Å²) in [5, 5.41) is 14.5. The lowest BCUT2D eigenvalue weighted by molar-refractivity contribution is 0.448. The van der Waals surface area contributed by atoms with Gasteiger partial charge in [-0.15, -0.1) is 10.2 Å². The predicted octanol–water partition coefficient (Wildman–Crippen LogP) is 0.961. The molecule has 3 heterocycles. The van der Waals surface area contributed by atoms with Crippen LogP contribution >= 0.6 is 0 Å². The van der Waals surface area contributed by atoms with Crippen LogP contribution in [-0.4, -0.2) is 52.5 Å². The molecule has 1 aliphatic rings. The molecule has 1 unspecified atom stereocenters. The summed E-state index contributed by atoms with van der Waals surface area (Å²) in [7, 11) is -3.38. The quantitative estimate of drug-likeness (QED) is 0.731. The van der Waals surface area contributed by atoms with Crippen LogP contribution in [-0.2, 0) is 22.9 Å². The van der Waals surface area contributed by atoms with Crippen LogP contribution in [0.3, 0.4) is 0 Å². The Morgan fingerprint density at radius 2 is 2.27 bits per heavy atom. The van der Waals surface area contributed by atoms with Gasteiger partial charge in [0.05, 0.1) is 18.4 Å². The molecule has 1 saturated heterocycles. The first kappa shape index (κ1) is 18.7. The first-order valence-corrected chi connectivity index (χ1v) is 10.8. The summed E-state index contributed by atoms with van der Waals surface area (Å²) < 4.78 is 26.2. The highest BCUT2D eigenvalue weighted by Crippen LogP contribution is 2.27. The summed E-state index contributed by atoms with van der Waals surface area (Å²) in [5.74, 6) is 1.27. The van der Waals surface area contributed by atoms with Crippen LogP contribution in [0.2, 0.25) is 0 Å². The molecule has 142 valence electrons. The average Bonchev–Trinajstić information content (AvgIpc) is 3.07. The Hall–Kier alpha value is -2.07. The van der Waals surface area contributed by atoms with Gasteiger partial charge in [-0.2, -0.15) is 0 Å². The van der Waals surface area contributed by atoms with Crippen LogP contribution in [0.4, 0.5) is 5.95 Å². The molecule has 1 aliphatic heterocycles. The molecule has 0 saturated carbocycles. The van der Waals surface area contributed by atoms with Gasteiger partial charge in [0, 0.05) is 25.3 Å². The summed E-state index contributed by atoms with van der Waals surface area (Å²) in [6, 6.07) is 0. The molecule has 2 aromatic heterocycles. The molecular formula is C16H25N7O2S. The summed E-state index contributed by atoms with van der Waals surface area (Å²) in [5.41, 5.74) is 0.590. The molecule has 0 amide bonds. The van der Waals surface area contributed by atoms with Gasteiger partial charge in [-0.3, -0.25) is 0 Å². The van der Waals surface area contributed by atoms with E-state index >= 15 is 0 Å². The number of nitrogens with zero attached hydrogens (tertiary/aromatic N) is 5. The van der Waals surface area contributed by atoms with Crippen LogP contribution < -0.4 is 10.6 Å².